The summed E-state index contributed by atoms with van der Waals surface area (Å²) in [7, 11) is 0. The first-order valence-corrected chi connectivity index (χ1v) is 8.30. The summed E-state index contributed by atoms with van der Waals surface area (Å²) in [4.78, 5) is 2.45. The van der Waals surface area contributed by atoms with Gasteiger partial charge in [-0.25, -0.2) is 0 Å². The van der Waals surface area contributed by atoms with Crippen LogP contribution in [0.1, 0.15) is 45.7 Å². The van der Waals surface area contributed by atoms with E-state index in [9.17, 15) is 0 Å². The first-order valence-electron chi connectivity index (χ1n) is 8.30. The molecule has 0 radical (unpaired) electrons. The second-order valence-electron chi connectivity index (χ2n) is 6.79. The number of hydrogen-bond donors (Lipinski definition) is 0. The van der Waals surface area contributed by atoms with Gasteiger partial charge in [-0.15, -0.1) is 0 Å². The summed E-state index contributed by atoms with van der Waals surface area (Å²) in [5.41, 5.74) is 2.56. The van der Waals surface area contributed by atoms with Gasteiger partial charge < -0.3 is 4.74 Å². The fourth-order valence-electron chi connectivity index (χ4n) is 2.67. The third-order valence-corrected chi connectivity index (χ3v) is 4.05. The highest BCUT2D eigenvalue weighted by Crippen LogP contribution is 2.25. The molecular weight excluding hydrogens is 270 g/mol. The van der Waals surface area contributed by atoms with Gasteiger partial charge in [-0.05, 0) is 55.8 Å². The number of ether oxygens (including phenoxy) is 1. The van der Waals surface area contributed by atoms with Gasteiger partial charge in [0.25, 0.3) is 0 Å². The highest BCUT2D eigenvalue weighted by Gasteiger charge is 2.13. The average molecular weight is 299 g/mol. The van der Waals surface area contributed by atoms with Crippen LogP contribution in [0.5, 0.6) is 0 Å². The Labute approximate surface area is 135 Å². The van der Waals surface area contributed by atoms with Gasteiger partial charge in [0.1, 0.15) is 0 Å². The van der Waals surface area contributed by atoms with Crippen LogP contribution < -0.4 is 0 Å². The summed E-state index contributed by atoms with van der Waals surface area (Å²) in [6.07, 6.45) is 0. The standard InChI is InChI=1S/C20H29NO/c1-6-21(7-2)14-16-12-13-17(15-22-20(3,4)5)19-11-9-8-10-18(16)19/h8-13H,6-7,14-15H2,1-5H3. The highest BCUT2D eigenvalue weighted by atomic mass is 16.5. The fraction of sp³-hybridized carbons (Fsp3) is 0.500. The molecule has 0 saturated heterocycles. The lowest BCUT2D eigenvalue weighted by Gasteiger charge is -2.22. The minimum Gasteiger partial charge on any atom is -0.371 e. The second-order valence-corrected chi connectivity index (χ2v) is 6.79. The first-order chi connectivity index (χ1) is 10.4. The molecule has 0 fully saturated rings. The van der Waals surface area contributed by atoms with E-state index in [1.807, 2.05) is 0 Å². The molecule has 2 rings (SSSR count). The second kappa shape index (κ2) is 7.26. The number of benzene rings is 2. The summed E-state index contributed by atoms with van der Waals surface area (Å²) in [5, 5.41) is 2.67. The normalized spacial score (nSPS) is 12.3. The van der Waals surface area contributed by atoms with Crippen molar-refractivity contribution in [3.63, 3.8) is 0 Å². The maximum atomic E-state index is 5.98. The van der Waals surface area contributed by atoms with E-state index in [2.05, 4.69) is 75.9 Å². The lowest BCUT2D eigenvalue weighted by atomic mass is 9.99. The molecule has 2 aromatic rings. The summed E-state index contributed by atoms with van der Waals surface area (Å²) in [6, 6.07) is 13.2. The molecule has 0 aromatic heterocycles. The summed E-state index contributed by atoms with van der Waals surface area (Å²) in [5.74, 6) is 0. The van der Waals surface area contributed by atoms with E-state index in [0.717, 1.165) is 19.6 Å². The molecule has 0 aliphatic rings. The van der Waals surface area contributed by atoms with Gasteiger partial charge in [-0.3, -0.25) is 4.90 Å². The number of fused-ring (bicyclic) bond motifs is 1. The SMILES string of the molecule is CCN(CC)Cc1ccc(COC(C)(C)C)c2ccccc12. The maximum absolute atomic E-state index is 5.98. The number of nitrogens with zero attached hydrogens (tertiary/aromatic N) is 1. The molecule has 0 amide bonds. The van der Waals surface area contributed by atoms with Crippen LogP contribution in [-0.2, 0) is 17.9 Å². The molecule has 0 saturated carbocycles. The van der Waals surface area contributed by atoms with Gasteiger partial charge in [0, 0.05) is 6.54 Å². The molecular formula is C20H29NO. The molecule has 0 spiro atoms. The molecule has 2 nitrogen and oxygen atoms in total. The highest BCUT2D eigenvalue weighted by molar-refractivity contribution is 5.88. The third-order valence-electron chi connectivity index (χ3n) is 4.05. The zero-order chi connectivity index (χ0) is 16.2. The molecule has 0 aliphatic carbocycles. The van der Waals surface area contributed by atoms with Gasteiger partial charge >= 0.3 is 0 Å². The van der Waals surface area contributed by atoms with Crippen LogP contribution in [0.3, 0.4) is 0 Å². The predicted molar refractivity (Wildman–Crippen MR) is 95.1 cm³/mol. The zero-order valence-electron chi connectivity index (χ0n) is 14.6. The van der Waals surface area contributed by atoms with Gasteiger partial charge in [0.2, 0.25) is 0 Å². The predicted octanol–water partition coefficient (Wildman–Crippen LogP) is 5.00. The summed E-state index contributed by atoms with van der Waals surface area (Å²) >= 11 is 0. The van der Waals surface area contributed by atoms with Crippen LogP contribution in [0.25, 0.3) is 10.8 Å². The van der Waals surface area contributed by atoms with Crippen molar-refractivity contribution in [3.05, 3.63) is 47.5 Å². The van der Waals surface area contributed by atoms with E-state index >= 15 is 0 Å². The van der Waals surface area contributed by atoms with Crippen LogP contribution in [0.4, 0.5) is 0 Å². The quantitative estimate of drug-likeness (QED) is 0.744. The van der Waals surface area contributed by atoms with Crippen molar-refractivity contribution < 1.29 is 4.74 Å². The Hall–Kier alpha value is -1.38. The number of rotatable bonds is 6. The molecule has 0 heterocycles. The topological polar surface area (TPSA) is 12.5 Å². The van der Waals surface area contributed by atoms with Gasteiger partial charge in [0.05, 0.1) is 12.2 Å². The van der Waals surface area contributed by atoms with E-state index in [0.29, 0.717) is 6.61 Å². The minimum absolute atomic E-state index is 0.110. The van der Waals surface area contributed by atoms with Crippen molar-refractivity contribution in [2.45, 2.75) is 53.4 Å². The smallest absolute Gasteiger partial charge is 0.0730 e. The largest absolute Gasteiger partial charge is 0.371 e. The minimum atomic E-state index is -0.110. The Kier molecular flexibility index (Phi) is 5.60. The van der Waals surface area contributed by atoms with Crippen LogP contribution in [0, 0.1) is 0 Å². The average Bonchev–Trinajstić information content (AvgIpc) is 2.50. The molecule has 22 heavy (non-hydrogen) atoms. The molecule has 0 N–H and O–H groups in total. The van der Waals surface area contributed by atoms with Crippen LogP contribution >= 0.6 is 0 Å². The van der Waals surface area contributed by atoms with Crippen molar-refractivity contribution in [3.8, 4) is 0 Å². The molecule has 2 heteroatoms. The Bertz CT molecular complexity index is 609. The fourth-order valence-corrected chi connectivity index (χ4v) is 2.67. The van der Waals surface area contributed by atoms with Crippen LogP contribution in [0.2, 0.25) is 0 Å². The van der Waals surface area contributed by atoms with Gasteiger partial charge in [0.15, 0.2) is 0 Å². The lowest BCUT2D eigenvalue weighted by molar-refractivity contribution is -0.0144. The molecule has 0 aliphatic heterocycles. The van der Waals surface area contributed by atoms with E-state index in [1.165, 1.54) is 21.9 Å². The summed E-state index contributed by atoms with van der Waals surface area (Å²) in [6.45, 7) is 14.6. The Morgan fingerprint density at radius 1 is 0.864 bits per heavy atom. The zero-order valence-corrected chi connectivity index (χ0v) is 14.6. The van der Waals surface area contributed by atoms with Crippen molar-refractivity contribution in [1.29, 1.82) is 0 Å². The van der Waals surface area contributed by atoms with E-state index in [1.54, 1.807) is 0 Å². The molecule has 2 aromatic carbocycles. The van der Waals surface area contributed by atoms with Crippen molar-refractivity contribution >= 4 is 10.8 Å². The van der Waals surface area contributed by atoms with Crippen molar-refractivity contribution in [2.24, 2.45) is 0 Å². The van der Waals surface area contributed by atoms with Crippen LogP contribution in [-0.4, -0.2) is 23.6 Å². The lowest BCUT2D eigenvalue weighted by Crippen LogP contribution is -2.22. The van der Waals surface area contributed by atoms with Gasteiger partial charge in [-0.1, -0.05) is 50.2 Å². The molecule has 0 unspecified atom stereocenters. The Balaban J connectivity index is 2.34. The Morgan fingerprint density at radius 3 is 1.95 bits per heavy atom. The number of hydrogen-bond acceptors (Lipinski definition) is 2. The van der Waals surface area contributed by atoms with E-state index in [4.69, 9.17) is 4.74 Å². The maximum Gasteiger partial charge on any atom is 0.0730 e. The molecule has 0 bridgehead atoms. The van der Waals surface area contributed by atoms with E-state index < -0.39 is 0 Å². The molecule has 120 valence electrons. The molecule has 0 atom stereocenters. The Morgan fingerprint density at radius 2 is 1.41 bits per heavy atom. The third kappa shape index (κ3) is 4.31. The van der Waals surface area contributed by atoms with Crippen LogP contribution in [0.15, 0.2) is 36.4 Å². The van der Waals surface area contributed by atoms with Crippen molar-refractivity contribution in [2.75, 3.05) is 13.1 Å². The van der Waals surface area contributed by atoms with Gasteiger partial charge in [-0.2, -0.15) is 0 Å². The first kappa shape index (κ1) is 17.0. The van der Waals surface area contributed by atoms with E-state index in [-0.39, 0.29) is 5.60 Å². The summed E-state index contributed by atoms with van der Waals surface area (Å²) < 4.78 is 5.98. The monoisotopic (exact) mass is 299 g/mol. The van der Waals surface area contributed by atoms with Crippen molar-refractivity contribution in [1.82, 2.24) is 4.90 Å².